The maximum Gasteiger partial charge on any atom is 0.348 e. The number of ether oxygens (including phenoxy) is 2. The van der Waals surface area contributed by atoms with E-state index in [1.54, 1.807) is 26.2 Å². The van der Waals surface area contributed by atoms with Crippen LogP contribution in [0.25, 0.3) is 17.3 Å². The van der Waals surface area contributed by atoms with E-state index in [4.69, 9.17) is 20.5 Å². The third-order valence-electron chi connectivity index (χ3n) is 2.92. The van der Waals surface area contributed by atoms with Crippen LogP contribution in [0, 0.1) is 11.3 Å². The molecular weight excluding hydrogens is 314 g/mol. The summed E-state index contributed by atoms with van der Waals surface area (Å²) in [6.45, 7) is 1.88. The van der Waals surface area contributed by atoms with Gasteiger partial charge in [-0.25, -0.2) is 9.78 Å². The number of aromatic nitrogens is 1. The van der Waals surface area contributed by atoms with Gasteiger partial charge in [-0.15, -0.1) is 0 Å². The van der Waals surface area contributed by atoms with Gasteiger partial charge in [-0.2, -0.15) is 5.26 Å². The number of hydrogen-bond acceptors (Lipinski definition) is 7. The molecule has 2 rings (SSSR count). The molecule has 7 heteroatoms. The van der Waals surface area contributed by atoms with Crippen molar-refractivity contribution in [2.75, 3.05) is 19.5 Å². The fourth-order valence-corrected chi connectivity index (χ4v) is 2.68. The number of carbonyl (C=O) groups is 1. The lowest BCUT2D eigenvalue weighted by molar-refractivity contribution is -0.137. The third-order valence-corrected chi connectivity index (χ3v) is 3.76. The third kappa shape index (κ3) is 3.87. The van der Waals surface area contributed by atoms with Gasteiger partial charge in [-0.1, -0.05) is 11.3 Å². The van der Waals surface area contributed by atoms with Crippen LogP contribution in [0.2, 0.25) is 0 Å². The standard InChI is InChI=1S/C16H15N3O3S/c1-3-22-15(20)11(9-17)8-13-14(19-16(18)23-13)10-4-6-12(21-2)7-5-10/h4-8H,3H2,1-2H3,(H2,18,19)/b11-8+. The first-order valence-electron chi connectivity index (χ1n) is 6.78. The molecule has 1 aromatic heterocycles. The molecule has 118 valence electrons. The highest BCUT2D eigenvalue weighted by Crippen LogP contribution is 2.32. The monoisotopic (exact) mass is 329 g/mol. The van der Waals surface area contributed by atoms with E-state index >= 15 is 0 Å². The van der Waals surface area contributed by atoms with Crippen molar-refractivity contribution in [3.63, 3.8) is 0 Å². The summed E-state index contributed by atoms with van der Waals surface area (Å²) in [5.41, 5.74) is 7.10. The molecule has 0 atom stereocenters. The van der Waals surface area contributed by atoms with Crippen molar-refractivity contribution in [3.8, 4) is 23.1 Å². The summed E-state index contributed by atoms with van der Waals surface area (Å²) < 4.78 is 9.98. The molecule has 0 bridgehead atoms. The molecule has 0 spiro atoms. The number of nitrogens with two attached hydrogens (primary N) is 1. The number of nitrogen functional groups attached to an aromatic ring is 1. The first kappa shape index (κ1) is 16.5. The number of anilines is 1. The molecule has 23 heavy (non-hydrogen) atoms. The Balaban J connectivity index is 2.44. The van der Waals surface area contributed by atoms with E-state index in [1.807, 2.05) is 18.2 Å². The zero-order valence-electron chi connectivity index (χ0n) is 12.7. The lowest BCUT2D eigenvalue weighted by Gasteiger charge is -2.03. The van der Waals surface area contributed by atoms with E-state index in [2.05, 4.69) is 4.98 Å². The van der Waals surface area contributed by atoms with Crippen LogP contribution in [-0.4, -0.2) is 24.7 Å². The van der Waals surface area contributed by atoms with Gasteiger partial charge in [0.1, 0.15) is 17.4 Å². The Morgan fingerprint density at radius 3 is 2.70 bits per heavy atom. The average Bonchev–Trinajstić information content (AvgIpc) is 2.93. The molecule has 1 heterocycles. The smallest absolute Gasteiger partial charge is 0.348 e. The molecule has 1 aromatic carbocycles. The number of methoxy groups -OCH3 is 1. The second-order valence-corrected chi connectivity index (χ2v) is 5.45. The van der Waals surface area contributed by atoms with Gasteiger partial charge >= 0.3 is 5.97 Å². The molecule has 2 aromatic rings. The number of hydrogen-bond donors (Lipinski definition) is 1. The molecule has 0 aliphatic carbocycles. The largest absolute Gasteiger partial charge is 0.497 e. The molecule has 0 fully saturated rings. The first-order valence-corrected chi connectivity index (χ1v) is 7.60. The van der Waals surface area contributed by atoms with Gasteiger partial charge in [0, 0.05) is 5.56 Å². The lowest BCUT2D eigenvalue weighted by Crippen LogP contribution is -2.05. The van der Waals surface area contributed by atoms with E-state index in [-0.39, 0.29) is 12.2 Å². The van der Waals surface area contributed by atoms with Crippen molar-refractivity contribution < 1.29 is 14.3 Å². The van der Waals surface area contributed by atoms with E-state index < -0.39 is 5.97 Å². The Kier molecular flexibility index (Phi) is 5.33. The maximum atomic E-state index is 11.7. The van der Waals surface area contributed by atoms with Crippen LogP contribution in [0.1, 0.15) is 11.8 Å². The van der Waals surface area contributed by atoms with Gasteiger partial charge in [0.15, 0.2) is 5.13 Å². The number of thiazole rings is 1. The minimum absolute atomic E-state index is 0.0924. The lowest BCUT2D eigenvalue weighted by atomic mass is 10.1. The summed E-state index contributed by atoms with van der Waals surface area (Å²) in [5.74, 6) is 0.0564. The number of benzene rings is 1. The van der Waals surface area contributed by atoms with Crippen molar-refractivity contribution in [1.29, 1.82) is 5.26 Å². The predicted molar refractivity (Wildman–Crippen MR) is 88.7 cm³/mol. The summed E-state index contributed by atoms with van der Waals surface area (Å²) in [5, 5.41) is 9.49. The average molecular weight is 329 g/mol. The summed E-state index contributed by atoms with van der Waals surface area (Å²) in [7, 11) is 1.59. The van der Waals surface area contributed by atoms with Crippen molar-refractivity contribution in [1.82, 2.24) is 4.98 Å². The van der Waals surface area contributed by atoms with Gasteiger partial charge < -0.3 is 15.2 Å². The van der Waals surface area contributed by atoms with E-state index in [9.17, 15) is 4.79 Å². The minimum Gasteiger partial charge on any atom is -0.497 e. The summed E-state index contributed by atoms with van der Waals surface area (Å²) in [6.07, 6.45) is 1.45. The summed E-state index contributed by atoms with van der Waals surface area (Å²) in [6, 6.07) is 9.12. The van der Waals surface area contributed by atoms with Crippen LogP contribution >= 0.6 is 11.3 Å². The summed E-state index contributed by atoms with van der Waals surface area (Å²) in [4.78, 5) is 16.6. The van der Waals surface area contributed by atoms with E-state index in [0.29, 0.717) is 15.7 Å². The Morgan fingerprint density at radius 2 is 2.13 bits per heavy atom. The highest BCUT2D eigenvalue weighted by Gasteiger charge is 2.15. The highest BCUT2D eigenvalue weighted by atomic mass is 32.1. The van der Waals surface area contributed by atoms with E-state index in [0.717, 1.165) is 11.3 Å². The number of nitrogens with zero attached hydrogens (tertiary/aromatic N) is 2. The van der Waals surface area contributed by atoms with Gasteiger partial charge in [-0.3, -0.25) is 0 Å². The zero-order chi connectivity index (χ0) is 16.8. The Bertz CT molecular complexity index is 773. The van der Waals surface area contributed by atoms with Gasteiger partial charge in [0.2, 0.25) is 0 Å². The molecule has 0 radical (unpaired) electrons. The molecule has 0 saturated heterocycles. The van der Waals surface area contributed by atoms with Crippen molar-refractivity contribution >= 4 is 28.5 Å². The SMILES string of the molecule is CCOC(=O)/C(C#N)=C/c1sc(N)nc1-c1ccc(OC)cc1. The Hall–Kier alpha value is -2.85. The van der Waals surface area contributed by atoms with Crippen LogP contribution < -0.4 is 10.5 Å². The molecule has 6 nitrogen and oxygen atoms in total. The topological polar surface area (TPSA) is 98.2 Å². The van der Waals surface area contributed by atoms with Crippen LogP contribution in [-0.2, 0) is 9.53 Å². The van der Waals surface area contributed by atoms with Crippen LogP contribution in [0.3, 0.4) is 0 Å². The van der Waals surface area contributed by atoms with Crippen LogP contribution in [0.5, 0.6) is 5.75 Å². The molecular formula is C16H15N3O3S. The molecule has 0 unspecified atom stereocenters. The second kappa shape index (κ2) is 7.42. The van der Waals surface area contributed by atoms with Crippen molar-refractivity contribution in [2.24, 2.45) is 0 Å². The van der Waals surface area contributed by atoms with Crippen LogP contribution in [0.4, 0.5) is 5.13 Å². The zero-order valence-corrected chi connectivity index (χ0v) is 13.5. The second-order valence-electron chi connectivity index (χ2n) is 4.38. The summed E-state index contributed by atoms with van der Waals surface area (Å²) >= 11 is 1.20. The van der Waals surface area contributed by atoms with Gasteiger partial charge in [0.25, 0.3) is 0 Å². The predicted octanol–water partition coefficient (Wildman–Crippen LogP) is 2.87. The number of nitriles is 1. The van der Waals surface area contributed by atoms with Crippen molar-refractivity contribution in [2.45, 2.75) is 6.92 Å². The maximum absolute atomic E-state index is 11.7. The van der Waals surface area contributed by atoms with E-state index in [1.165, 1.54) is 17.4 Å². The fourth-order valence-electron chi connectivity index (χ4n) is 1.88. The number of carbonyl (C=O) groups excluding carboxylic acids is 1. The Morgan fingerprint density at radius 1 is 1.43 bits per heavy atom. The molecule has 0 aliphatic heterocycles. The number of esters is 1. The minimum atomic E-state index is -0.664. The fraction of sp³-hybridized carbons (Fsp3) is 0.188. The van der Waals surface area contributed by atoms with Crippen molar-refractivity contribution in [3.05, 3.63) is 34.7 Å². The molecule has 2 N–H and O–H groups in total. The molecule has 0 aliphatic rings. The van der Waals surface area contributed by atoms with Gasteiger partial charge in [-0.05, 0) is 37.3 Å². The number of rotatable bonds is 5. The van der Waals surface area contributed by atoms with Crippen LogP contribution in [0.15, 0.2) is 29.8 Å². The quantitative estimate of drug-likeness (QED) is 0.514. The Labute approximate surface area is 137 Å². The van der Waals surface area contributed by atoms with Gasteiger partial charge in [0.05, 0.1) is 24.3 Å². The molecule has 0 saturated carbocycles. The first-order chi connectivity index (χ1) is 11.1. The highest BCUT2D eigenvalue weighted by molar-refractivity contribution is 7.16. The molecule has 0 amide bonds. The normalized spacial score (nSPS) is 10.9.